The van der Waals surface area contributed by atoms with E-state index in [1.165, 1.54) is 11.7 Å². The van der Waals surface area contributed by atoms with Crippen LogP contribution < -0.4 is 20.3 Å². The van der Waals surface area contributed by atoms with Gasteiger partial charge >= 0.3 is 0 Å². The van der Waals surface area contributed by atoms with E-state index in [2.05, 4.69) is 25.2 Å². The summed E-state index contributed by atoms with van der Waals surface area (Å²) < 4.78 is 17.8. The lowest BCUT2D eigenvalue weighted by molar-refractivity contribution is -0.123. The molecule has 0 aliphatic carbocycles. The molecule has 3 aromatic heterocycles. The first-order chi connectivity index (χ1) is 17.7. The number of rotatable bonds is 9. The van der Waals surface area contributed by atoms with Gasteiger partial charge in [0.2, 0.25) is 11.8 Å². The second-order valence-electron chi connectivity index (χ2n) is 9.89. The number of fused-ring (bicyclic) bond motifs is 1. The standard InChI is InChI=1S/C26H34N6O5.ClH/c1-26(2,3)30-21(33)17-32-24(20-7-5-8-22(28-20)35-4)29-23-19(25(32)34)15-18(16-27-23)37-12-6-9-31-10-13-36-14-11-31;/h5,7-8,15-16H,6,9-14,17H2,1-4H3,(H,30,33);1H. The van der Waals surface area contributed by atoms with Crippen LogP contribution in [0.3, 0.4) is 0 Å². The van der Waals surface area contributed by atoms with Gasteiger partial charge in [0.1, 0.15) is 18.0 Å². The van der Waals surface area contributed by atoms with Gasteiger partial charge < -0.3 is 19.5 Å². The summed E-state index contributed by atoms with van der Waals surface area (Å²) in [7, 11) is 1.51. The van der Waals surface area contributed by atoms with E-state index in [1.807, 2.05) is 20.8 Å². The Bertz CT molecular complexity index is 1300. The lowest BCUT2D eigenvalue weighted by Crippen LogP contribution is -2.43. The van der Waals surface area contributed by atoms with Crippen LogP contribution in [0.25, 0.3) is 22.6 Å². The van der Waals surface area contributed by atoms with Gasteiger partial charge in [-0.2, -0.15) is 0 Å². The van der Waals surface area contributed by atoms with Crippen LogP contribution in [-0.4, -0.2) is 82.4 Å². The number of hydrogen-bond donors (Lipinski definition) is 1. The van der Waals surface area contributed by atoms with Crippen molar-refractivity contribution in [1.29, 1.82) is 0 Å². The molecule has 206 valence electrons. The molecule has 1 fully saturated rings. The minimum absolute atomic E-state index is 0. The first-order valence-electron chi connectivity index (χ1n) is 12.4. The van der Waals surface area contributed by atoms with Gasteiger partial charge in [0, 0.05) is 31.2 Å². The molecular weight excluding hydrogens is 512 g/mol. The third kappa shape index (κ3) is 7.62. The number of methoxy groups -OCH3 is 1. The summed E-state index contributed by atoms with van der Waals surface area (Å²) in [5.74, 6) is 0.758. The number of carbonyl (C=O) groups excluding carboxylic acids is 1. The molecular formula is C26H35ClN6O5. The van der Waals surface area contributed by atoms with E-state index in [4.69, 9.17) is 14.2 Å². The Hall–Kier alpha value is -3.28. The van der Waals surface area contributed by atoms with Crippen molar-refractivity contribution in [2.24, 2.45) is 0 Å². The van der Waals surface area contributed by atoms with Crippen LogP contribution >= 0.6 is 12.4 Å². The average molecular weight is 547 g/mol. The highest BCUT2D eigenvalue weighted by Crippen LogP contribution is 2.21. The normalized spacial score (nSPS) is 14.1. The molecule has 1 N–H and O–H groups in total. The van der Waals surface area contributed by atoms with Crippen molar-refractivity contribution >= 4 is 29.3 Å². The zero-order chi connectivity index (χ0) is 26.4. The summed E-state index contributed by atoms with van der Waals surface area (Å²) in [5, 5.41) is 3.16. The fraction of sp³-hybridized carbons (Fsp3) is 0.500. The third-order valence-corrected chi connectivity index (χ3v) is 5.75. The van der Waals surface area contributed by atoms with E-state index >= 15 is 0 Å². The van der Waals surface area contributed by atoms with Crippen LogP contribution in [0.15, 0.2) is 35.3 Å². The maximum absolute atomic E-state index is 13.6. The number of aromatic nitrogens is 4. The first-order valence-corrected chi connectivity index (χ1v) is 12.4. The Morgan fingerprint density at radius 2 is 1.95 bits per heavy atom. The zero-order valence-electron chi connectivity index (χ0n) is 22.2. The van der Waals surface area contributed by atoms with Gasteiger partial charge in [0.25, 0.3) is 5.56 Å². The Morgan fingerprint density at radius 1 is 1.18 bits per heavy atom. The van der Waals surface area contributed by atoms with Crippen molar-refractivity contribution in [3.05, 3.63) is 40.8 Å². The second-order valence-corrected chi connectivity index (χ2v) is 9.89. The number of pyridine rings is 2. The van der Waals surface area contributed by atoms with Crippen molar-refractivity contribution in [2.75, 3.05) is 46.6 Å². The highest BCUT2D eigenvalue weighted by atomic mass is 35.5. The average Bonchev–Trinajstić information content (AvgIpc) is 2.88. The number of halogens is 1. The molecule has 3 aromatic rings. The number of amides is 1. The van der Waals surface area contributed by atoms with E-state index in [1.54, 1.807) is 30.5 Å². The fourth-order valence-electron chi connectivity index (χ4n) is 4.07. The number of nitrogens with one attached hydrogen (secondary N) is 1. The maximum Gasteiger partial charge on any atom is 0.263 e. The minimum Gasteiger partial charge on any atom is -0.492 e. The molecule has 0 saturated carbocycles. The molecule has 11 nitrogen and oxygen atoms in total. The van der Waals surface area contributed by atoms with Crippen molar-refractivity contribution in [2.45, 2.75) is 39.3 Å². The van der Waals surface area contributed by atoms with E-state index in [0.717, 1.165) is 39.3 Å². The summed E-state index contributed by atoms with van der Waals surface area (Å²) in [6, 6.07) is 6.78. The molecule has 0 aromatic carbocycles. The Labute approximate surface area is 227 Å². The summed E-state index contributed by atoms with van der Waals surface area (Å²) in [5.41, 5.74) is -0.215. The van der Waals surface area contributed by atoms with E-state index in [-0.39, 0.29) is 41.7 Å². The highest BCUT2D eigenvalue weighted by molar-refractivity contribution is 5.85. The van der Waals surface area contributed by atoms with Crippen molar-refractivity contribution < 1.29 is 19.0 Å². The largest absolute Gasteiger partial charge is 0.492 e. The van der Waals surface area contributed by atoms with Gasteiger partial charge in [-0.15, -0.1) is 12.4 Å². The molecule has 1 aliphatic rings. The van der Waals surface area contributed by atoms with Crippen LogP contribution in [0.2, 0.25) is 0 Å². The molecule has 38 heavy (non-hydrogen) atoms. The van der Waals surface area contributed by atoms with E-state index in [0.29, 0.717) is 23.9 Å². The first kappa shape index (κ1) is 29.3. The van der Waals surface area contributed by atoms with E-state index < -0.39 is 11.1 Å². The number of ether oxygens (including phenoxy) is 3. The van der Waals surface area contributed by atoms with Crippen LogP contribution in [0, 0.1) is 0 Å². The van der Waals surface area contributed by atoms with Crippen molar-refractivity contribution in [3.8, 4) is 23.1 Å². The van der Waals surface area contributed by atoms with Gasteiger partial charge in [-0.25, -0.2) is 15.0 Å². The number of morpholine rings is 1. The van der Waals surface area contributed by atoms with Crippen LogP contribution in [0.5, 0.6) is 11.6 Å². The van der Waals surface area contributed by atoms with Gasteiger partial charge in [0.15, 0.2) is 11.5 Å². The molecule has 0 atom stereocenters. The summed E-state index contributed by atoms with van der Waals surface area (Å²) in [4.78, 5) is 42.2. The molecule has 1 aliphatic heterocycles. The number of carbonyl (C=O) groups is 1. The number of hydrogen-bond acceptors (Lipinski definition) is 9. The quantitative estimate of drug-likeness (QED) is 0.403. The predicted octanol–water partition coefficient (Wildman–Crippen LogP) is 2.30. The highest BCUT2D eigenvalue weighted by Gasteiger charge is 2.20. The summed E-state index contributed by atoms with van der Waals surface area (Å²) >= 11 is 0. The van der Waals surface area contributed by atoms with Crippen molar-refractivity contribution in [3.63, 3.8) is 0 Å². The monoisotopic (exact) mass is 546 g/mol. The molecule has 0 unspecified atom stereocenters. The fourth-order valence-corrected chi connectivity index (χ4v) is 4.07. The van der Waals surface area contributed by atoms with Crippen molar-refractivity contribution in [1.82, 2.24) is 29.7 Å². The van der Waals surface area contributed by atoms with Crippen LogP contribution in [0.1, 0.15) is 27.2 Å². The van der Waals surface area contributed by atoms with Gasteiger partial charge in [-0.3, -0.25) is 19.1 Å². The minimum atomic E-state index is -0.455. The van der Waals surface area contributed by atoms with Crippen LogP contribution in [0.4, 0.5) is 0 Å². The van der Waals surface area contributed by atoms with Crippen LogP contribution in [-0.2, 0) is 16.1 Å². The van der Waals surface area contributed by atoms with Gasteiger partial charge in [-0.1, -0.05) is 6.07 Å². The topological polar surface area (TPSA) is 121 Å². The smallest absolute Gasteiger partial charge is 0.263 e. The molecule has 0 spiro atoms. The predicted molar refractivity (Wildman–Crippen MR) is 146 cm³/mol. The van der Waals surface area contributed by atoms with E-state index in [9.17, 15) is 9.59 Å². The molecule has 4 rings (SSSR count). The Balaban J connectivity index is 0.00000400. The Morgan fingerprint density at radius 3 is 2.66 bits per heavy atom. The lowest BCUT2D eigenvalue weighted by Gasteiger charge is -2.26. The second kappa shape index (κ2) is 13.0. The summed E-state index contributed by atoms with van der Waals surface area (Å²) in [6.45, 7) is 10.2. The lowest BCUT2D eigenvalue weighted by atomic mass is 10.1. The van der Waals surface area contributed by atoms with Gasteiger partial charge in [0.05, 0.1) is 38.5 Å². The molecule has 1 amide bonds. The zero-order valence-corrected chi connectivity index (χ0v) is 23.0. The Kier molecular flexibility index (Phi) is 10.0. The molecule has 1 saturated heterocycles. The maximum atomic E-state index is 13.6. The molecule has 0 radical (unpaired) electrons. The molecule has 12 heteroatoms. The SMILES string of the molecule is COc1cccc(-c2nc3ncc(OCCCN4CCOCC4)cc3c(=O)n2CC(=O)NC(C)(C)C)n1.Cl. The third-order valence-electron chi connectivity index (χ3n) is 5.75. The number of nitrogens with zero attached hydrogens (tertiary/aromatic N) is 5. The molecule has 0 bridgehead atoms. The molecule has 4 heterocycles. The van der Waals surface area contributed by atoms with Gasteiger partial charge in [-0.05, 0) is 39.3 Å². The summed E-state index contributed by atoms with van der Waals surface area (Å²) in [6.07, 6.45) is 2.40.